The molecule has 7 nitrogen and oxygen atoms in total. The third kappa shape index (κ3) is 5.06. The molecule has 0 radical (unpaired) electrons. The van der Waals surface area contributed by atoms with Crippen LogP contribution in [-0.4, -0.2) is 24.6 Å². The topological polar surface area (TPSA) is 98.5 Å². The molecule has 164 valence electrons. The second-order valence-corrected chi connectivity index (χ2v) is 8.28. The zero-order chi connectivity index (χ0) is 22.6. The number of fused-ring (bicyclic) bond motifs is 1. The molecule has 0 fully saturated rings. The SMILES string of the molecule is CCOc1cc(C(C)(C)C)c2nc(C(=O)NN)cc(NCc3ccc(OC)cc3)c2c1. The molecular weight excluding hydrogens is 392 g/mol. The number of nitrogens with one attached hydrogen (secondary N) is 2. The lowest BCUT2D eigenvalue weighted by Crippen LogP contribution is -2.31. The maximum atomic E-state index is 12.3. The summed E-state index contributed by atoms with van der Waals surface area (Å²) in [5.74, 6) is 6.52. The first-order valence-electron chi connectivity index (χ1n) is 10.3. The molecule has 0 aliphatic rings. The highest BCUT2D eigenvalue weighted by Gasteiger charge is 2.22. The molecule has 7 heteroatoms. The second kappa shape index (κ2) is 9.22. The summed E-state index contributed by atoms with van der Waals surface area (Å²) in [6.45, 7) is 9.41. The Hall–Kier alpha value is -3.32. The van der Waals surface area contributed by atoms with Crippen LogP contribution in [0.3, 0.4) is 0 Å². The molecule has 1 heterocycles. The Bertz CT molecular complexity index is 1070. The van der Waals surface area contributed by atoms with E-state index in [0.29, 0.717) is 13.2 Å². The third-order valence-electron chi connectivity index (χ3n) is 5.01. The Labute approximate surface area is 182 Å². The van der Waals surface area contributed by atoms with Crippen LogP contribution in [0, 0.1) is 0 Å². The van der Waals surface area contributed by atoms with Gasteiger partial charge in [-0.2, -0.15) is 0 Å². The van der Waals surface area contributed by atoms with Gasteiger partial charge in [0.2, 0.25) is 0 Å². The zero-order valence-corrected chi connectivity index (χ0v) is 18.7. The van der Waals surface area contributed by atoms with E-state index in [-0.39, 0.29) is 11.1 Å². The Balaban J connectivity index is 2.13. The first-order chi connectivity index (χ1) is 14.8. The van der Waals surface area contributed by atoms with E-state index < -0.39 is 5.91 Å². The number of methoxy groups -OCH3 is 1. The van der Waals surface area contributed by atoms with Gasteiger partial charge in [-0.15, -0.1) is 0 Å². The molecule has 0 unspecified atom stereocenters. The van der Waals surface area contributed by atoms with Crippen LogP contribution >= 0.6 is 0 Å². The number of nitrogens with two attached hydrogens (primary N) is 1. The van der Waals surface area contributed by atoms with Crippen LogP contribution in [0.15, 0.2) is 42.5 Å². The van der Waals surface area contributed by atoms with Crippen molar-refractivity contribution in [2.24, 2.45) is 5.84 Å². The molecule has 0 spiro atoms. The van der Waals surface area contributed by atoms with E-state index in [1.165, 1.54) is 0 Å². The highest BCUT2D eigenvalue weighted by atomic mass is 16.5. The minimum atomic E-state index is -0.442. The largest absolute Gasteiger partial charge is 0.497 e. The highest BCUT2D eigenvalue weighted by molar-refractivity contribution is 6.01. The van der Waals surface area contributed by atoms with Gasteiger partial charge >= 0.3 is 0 Å². The summed E-state index contributed by atoms with van der Waals surface area (Å²) in [6, 6.07) is 13.5. The number of aromatic nitrogens is 1. The van der Waals surface area contributed by atoms with E-state index in [2.05, 4.69) is 36.5 Å². The van der Waals surface area contributed by atoms with Crippen molar-refractivity contribution in [3.8, 4) is 11.5 Å². The smallest absolute Gasteiger partial charge is 0.283 e. The first kappa shape index (κ1) is 22.4. The van der Waals surface area contributed by atoms with Crippen molar-refractivity contribution in [2.75, 3.05) is 19.0 Å². The minimum absolute atomic E-state index is 0.205. The van der Waals surface area contributed by atoms with Gasteiger partial charge in [0.25, 0.3) is 5.91 Å². The number of hydrazine groups is 1. The van der Waals surface area contributed by atoms with E-state index in [1.807, 2.05) is 43.3 Å². The number of nitrogen functional groups attached to an aromatic ring is 1. The van der Waals surface area contributed by atoms with E-state index in [1.54, 1.807) is 13.2 Å². The molecule has 0 aliphatic heterocycles. The zero-order valence-electron chi connectivity index (χ0n) is 18.7. The number of anilines is 1. The summed E-state index contributed by atoms with van der Waals surface area (Å²) in [4.78, 5) is 17.0. The third-order valence-corrected chi connectivity index (χ3v) is 5.01. The average Bonchev–Trinajstić information content (AvgIpc) is 2.76. The van der Waals surface area contributed by atoms with Crippen LogP contribution in [0.2, 0.25) is 0 Å². The molecule has 1 amide bonds. The van der Waals surface area contributed by atoms with Crippen molar-refractivity contribution in [3.63, 3.8) is 0 Å². The lowest BCUT2D eigenvalue weighted by atomic mass is 9.85. The average molecular weight is 423 g/mol. The van der Waals surface area contributed by atoms with Gasteiger partial charge in [0.15, 0.2) is 0 Å². The van der Waals surface area contributed by atoms with Gasteiger partial charge in [0, 0.05) is 17.6 Å². The summed E-state index contributed by atoms with van der Waals surface area (Å²) in [5, 5.41) is 4.34. The van der Waals surface area contributed by atoms with Crippen molar-refractivity contribution in [3.05, 3.63) is 59.3 Å². The summed E-state index contributed by atoms with van der Waals surface area (Å²) < 4.78 is 11.0. The summed E-state index contributed by atoms with van der Waals surface area (Å²) >= 11 is 0. The van der Waals surface area contributed by atoms with Crippen LogP contribution in [0.5, 0.6) is 11.5 Å². The second-order valence-electron chi connectivity index (χ2n) is 8.28. The van der Waals surface area contributed by atoms with Gasteiger partial charge in [-0.25, -0.2) is 10.8 Å². The van der Waals surface area contributed by atoms with Gasteiger partial charge < -0.3 is 14.8 Å². The number of nitrogens with zero attached hydrogens (tertiary/aromatic N) is 1. The fourth-order valence-corrected chi connectivity index (χ4v) is 3.40. The van der Waals surface area contributed by atoms with Crippen LogP contribution < -0.4 is 26.1 Å². The lowest BCUT2D eigenvalue weighted by Gasteiger charge is -2.23. The van der Waals surface area contributed by atoms with Crippen LogP contribution in [0.4, 0.5) is 5.69 Å². The Morgan fingerprint density at radius 2 is 1.81 bits per heavy atom. The summed E-state index contributed by atoms with van der Waals surface area (Å²) in [5.41, 5.74) is 5.83. The predicted octanol–water partition coefficient (Wildman–Crippen LogP) is 4.16. The predicted molar refractivity (Wildman–Crippen MR) is 124 cm³/mol. The van der Waals surface area contributed by atoms with Crippen molar-refractivity contribution in [2.45, 2.75) is 39.7 Å². The number of hydrogen-bond acceptors (Lipinski definition) is 6. The lowest BCUT2D eigenvalue weighted by molar-refractivity contribution is 0.0949. The number of rotatable bonds is 7. The number of benzene rings is 2. The molecular formula is C24H30N4O3. The van der Waals surface area contributed by atoms with Gasteiger partial charge in [0.1, 0.15) is 17.2 Å². The fraction of sp³-hybridized carbons (Fsp3) is 0.333. The molecule has 1 aromatic heterocycles. The Kier molecular flexibility index (Phi) is 6.65. The molecule has 0 bridgehead atoms. The molecule has 0 saturated carbocycles. The van der Waals surface area contributed by atoms with E-state index in [9.17, 15) is 4.79 Å². The molecule has 0 aliphatic carbocycles. The number of carbonyl (C=O) groups excluding carboxylic acids is 1. The fourth-order valence-electron chi connectivity index (χ4n) is 3.40. The van der Waals surface area contributed by atoms with E-state index in [4.69, 9.17) is 15.3 Å². The molecule has 31 heavy (non-hydrogen) atoms. The van der Waals surface area contributed by atoms with Crippen molar-refractivity contribution >= 4 is 22.5 Å². The van der Waals surface area contributed by atoms with E-state index in [0.717, 1.165) is 39.2 Å². The minimum Gasteiger partial charge on any atom is -0.497 e. The molecule has 0 atom stereocenters. The molecule has 3 aromatic rings. The Morgan fingerprint density at radius 3 is 2.39 bits per heavy atom. The normalized spacial score (nSPS) is 11.3. The van der Waals surface area contributed by atoms with Gasteiger partial charge in [-0.1, -0.05) is 32.9 Å². The van der Waals surface area contributed by atoms with Gasteiger partial charge in [-0.05, 0) is 53.8 Å². The van der Waals surface area contributed by atoms with Crippen molar-refractivity contribution in [1.82, 2.24) is 10.4 Å². The number of amides is 1. The van der Waals surface area contributed by atoms with Crippen LogP contribution in [0.1, 0.15) is 49.3 Å². The maximum Gasteiger partial charge on any atom is 0.283 e. The van der Waals surface area contributed by atoms with Gasteiger partial charge in [-0.3, -0.25) is 10.2 Å². The van der Waals surface area contributed by atoms with Gasteiger partial charge in [0.05, 0.1) is 19.2 Å². The quantitative estimate of drug-likeness (QED) is 0.300. The molecule has 2 aromatic carbocycles. The van der Waals surface area contributed by atoms with Crippen molar-refractivity contribution in [1.29, 1.82) is 0 Å². The maximum absolute atomic E-state index is 12.3. The number of hydrogen-bond donors (Lipinski definition) is 3. The Morgan fingerprint density at radius 1 is 1.10 bits per heavy atom. The highest BCUT2D eigenvalue weighted by Crippen LogP contribution is 2.36. The summed E-state index contributed by atoms with van der Waals surface area (Å²) in [7, 11) is 1.64. The van der Waals surface area contributed by atoms with Crippen molar-refractivity contribution < 1.29 is 14.3 Å². The number of carbonyl (C=O) groups is 1. The standard InChI is InChI=1S/C24H30N4O3/c1-6-31-17-11-18-20(26-14-15-7-9-16(30-5)10-8-15)13-21(23(29)28-25)27-22(18)19(12-17)24(2,3)4/h7-13H,6,14,25H2,1-5H3,(H,26,27)(H,28,29). The summed E-state index contributed by atoms with van der Waals surface area (Å²) in [6.07, 6.45) is 0. The molecule has 0 saturated heterocycles. The number of ether oxygens (including phenoxy) is 2. The molecule has 3 rings (SSSR count). The van der Waals surface area contributed by atoms with E-state index >= 15 is 0 Å². The first-order valence-corrected chi connectivity index (χ1v) is 10.3. The van der Waals surface area contributed by atoms with Crippen LogP contribution in [0.25, 0.3) is 10.9 Å². The molecule has 4 N–H and O–H groups in total. The monoisotopic (exact) mass is 422 g/mol. The van der Waals surface area contributed by atoms with Crippen LogP contribution in [-0.2, 0) is 12.0 Å². The number of pyridine rings is 1.